The smallest absolute Gasteiger partial charge is 0.316 e. The predicted octanol–water partition coefficient (Wildman–Crippen LogP) is 0.671. The average Bonchev–Trinajstić information content (AvgIpc) is 2.82. The van der Waals surface area contributed by atoms with Gasteiger partial charge in [0.15, 0.2) is 5.06 Å². The fourth-order valence-corrected chi connectivity index (χ4v) is 2.77. The minimum Gasteiger partial charge on any atom is -0.487 e. The molecule has 0 aromatic carbocycles. The van der Waals surface area contributed by atoms with Gasteiger partial charge >= 0.3 is 5.97 Å². The number of nitrogens with one attached hydrogen (secondary N) is 1. The Morgan fingerprint density at radius 2 is 2.38 bits per heavy atom. The molecule has 6 heteroatoms. The number of carbonyl (C=O) groups excluding carboxylic acids is 1. The quantitative estimate of drug-likeness (QED) is 0.763. The van der Waals surface area contributed by atoms with Crippen LogP contribution in [0.5, 0.6) is 5.06 Å². The zero-order valence-corrected chi connectivity index (χ0v) is 9.41. The van der Waals surface area contributed by atoms with Crippen molar-refractivity contribution in [3.05, 3.63) is 17.0 Å². The molecule has 0 aliphatic carbocycles. The molecule has 0 saturated carbocycles. The number of methoxy groups -OCH3 is 1. The van der Waals surface area contributed by atoms with Crippen LogP contribution < -0.4 is 10.1 Å². The number of carboxylic acid groups (broad SMARTS) is 1. The van der Waals surface area contributed by atoms with Crippen molar-refractivity contribution in [1.82, 2.24) is 5.32 Å². The predicted molar refractivity (Wildman–Crippen MR) is 57.7 cm³/mol. The molecule has 0 radical (unpaired) electrons. The van der Waals surface area contributed by atoms with Gasteiger partial charge in [-0.3, -0.25) is 9.59 Å². The van der Waals surface area contributed by atoms with E-state index in [1.54, 1.807) is 13.2 Å². The van der Waals surface area contributed by atoms with E-state index in [9.17, 15) is 9.59 Å². The van der Waals surface area contributed by atoms with E-state index in [2.05, 4.69) is 5.32 Å². The lowest BCUT2D eigenvalue weighted by molar-refractivity contribution is -0.145. The van der Waals surface area contributed by atoms with Gasteiger partial charge in [0, 0.05) is 17.3 Å². The molecule has 1 unspecified atom stereocenters. The topological polar surface area (TPSA) is 75.6 Å². The third-order valence-electron chi connectivity index (χ3n) is 2.62. The number of amides is 1. The minimum absolute atomic E-state index is 0.293. The van der Waals surface area contributed by atoms with Crippen molar-refractivity contribution < 1.29 is 19.4 Å². The monoisotopic (exact) mass is 241 g/mol. The molecule has 0 bridgehead atoms. The lowest BCUT2D eigenvalue weighted by atomic mass is 9.94. The van der Waals surface area contributed by atoms with Crippen LogP contribution in [0, 0.1) is 5.92 Å². The van der Waals surface area contributed by atoms with Crippen LogP contribution in [0.25, 0.3) is 0 Å². The molecule has 1 aliphatic heterocycles. The van der Waals surface area contributed by atoms with Crippen molar-refractivity contribution in [2.24, 2.45) is 5.92 Å². The highest BCUT2D eigenvalue weighted by molar-refractivity contribution is 7.13. The Labute approximate surface area is 96.0 Å². The SMILES string of the molecule is COc1ccc([C@H]2CNC(=O)C2C(=O)O)s1. The molecular formula is C10H11NO4S. The highest BCUT2D eigenvalue weighted by atomic mass is 32.1. The molecule has 1 fully saturated rings. The second-order valence-corrected chi connectivity index (χ2v) is 4.61. The van der Waals surface area contributed by atoms with Gasteiger partial charge in [-0.15, -0.1) is 11.3 Å². The molecule has 2 rings (SSSR count). The third-order valence-corrected chi connectivity index (χ3v) is 3.79. The summed E-state index contributed by atoms with van der Waals surface area (Å²) >= 11 is 1.38. The van der Waals surface area contributed by atoms with Crippen molar-refractivity contribution >= 4 is 23.2 Å². The molecule has 2 heterocycles. The Kier molecular flexibility index (Phi) is 2.82. The van der Waals surface area contributed by atoms with Crippen LogP contribution >= 0.6 is 11.3 Å². The maximum atomic E-state index is 11.4. The Bertz CT molecular complexity index is 428. The highest BCUT2D eigenvalue weighted by Crippen LogP contribution is 2.36. The van der Waals surface area contributed by atoms with Gasteiger partial charge in [0.2, 0.25) is 5.91 Å². The van der Waals surface area contributed by atoms with E-state index >= 15 is 0 Å². The molecule has 1 aromatic rings. The van der Waals surface area contributed by atoms with Crippen LogP contribution in [-0.4, -0.2) is 30.6 Å². The number of aliphatic carboxylic acids is 1. The van der Waals surface area contributed by atoms with Gasteiger partial charge in [-0.05, 0) is 12.1 Å². The Morgan fingerprint density at radius 3 is 2.94 bits per heavy atom. The summed E-state index contributed by atoms with van der Waals surface area (Å²) in [6, 6.07) is 3.59. The summed E-state index contributed by atoms with van der Waals surface area (Å²) < 4.78 is 5.04. The fraction of sp³-hybridized carbons (Fsp3) is 0.400. The molecule has 2 N–H and O–H groups in total. The van der Waals surface area contributed by atoms with Crippen LogP contribution in [0.1, 0.15) is 10.8 Å². The van der Waals surface area contributed by atoms with E-state index in [1.807, 2.05) is 6.07 Å². The highest BCUT2D eigenvalue weighted by Gasteiger charge is 2.41. The van der Waals surface area contributed by atoms with E-state index in [1.165, 1.54) is 11.3 Å². The van der Waals surface area contributed by atoms with Crippen LogP contribution in [-0.2, 0) is 9.59 Å². The van der Waals surface area contributed by atoms with E-state index in [0.717, 1.165) is 9.94 Å². The summed E-state index contributed by atoms with van der Waals surface area (Å²) in [5, 5.41) is 12.3. The Balaban J connectivity index is 2.26. The molecule has 1 aliphatic rings. The molecular weight excluding hydrogens is 230 g/mol. The lowest BCUT2D eigenvalue weighted by Crippen LogP contribution is -2.26. The second-order valence-electron chi connectivity index (χ2n) is 3.53. The van der Waals surface area contributed by atoms with Crippen LogP contribution in [0.15, 0.2) is 12.1 Å². The Morgan fingerprint density at radius 1 is 1.62 bits per heavy atom. The first kappa shape index (κ1) is 10.9. The maximum absolute atomic E-state index is 11.4. The second kappa shape index (κ2) is 4.13. The molecule has 5 nitrogen and oxygen atoms in total. The van der Waals surface area contributed by atoms with E-state index in [4.69, 9.17) is 9.84 Å². The van der Waals surface area contributed by atoms with Crippen molar-refractivity contribution in [3.63, 3.8) is 0 Å². The maximum Gasteiger partial charge on any atom is 0.316 e. The zero-order chi connectivity index (χ0) is 11.7. The minimum atomic E-state index is -1.08. The number of carbonyl (C=O) groups is 2. The number of carboxylic acids is 1. The van der Waals surface area contributed by atoms with Crippen LogP contribution in [0.3, 0.4) is 0 Å². The van der Waals surface area contributed by atoms with Crippen molar-refractivity contribution in [2.75, 3.05) is 13.7 Å². The fourth-order valence-electron chi connectivity index (χ4n) is 1.81. The largest absolute Gasteiger partial charge is 0.487 e. The van der Waals surface area contributed by atoms with Gasteiger partial charge in [-0.1, -0.05) is 0 Å². The molecule has 2 atom stereocenters. The molecule has 16 heavy (non-hydrogen) atoms. The third kappa shape index (κ3) is 1.76. The summed E-state index contributed by atoms with van der Waals surface area (Å²) in [4.78, 5) is 23.2. The molecule has 1 saturated heterocycles. The molecule has 86 valence electrons. The van der Waals surface area contributed by atoms with Gasteiger partial charge in [0.1, 0.15) is 5.92 Å². The summed E-state index contributed by atoms with van der Waals surface area (Å²) in [6.07, 6.45) is 0. The first-order valence-corrected chi connectivity index (χ1v) is 5.59. The lowest BCUT2D eigenvalue weighted by Gasteiger charge is -2.09. The van der Waals surface area contributed by atoms with Gasteiger partial charge in [-0.2, -0.15) is 0 Å². The number of rotatable bonds is 3. The average molecular weight is 241 g/mol. The summed E-state index contributed by atoms with van der Waals surface area (Å²) in [5.74, 6) is -2.76. The van der Waals surface area contributed by atoms with Gasteiger partial charge < -0.3 is 15.2 Å². The number of thiophene rings is 1. The Hall–Kier alpha value is -1.56. The van der Waals surface area contributed by atoms with E-state index in [0.29, 0.717) is 6.54 Å². The first-order valence-electron chi connectivity index (χ1n) is 4.77. The van der Waals surface area contributed by atoms with E-state index < -0.39 is 17.8 Å². The molecule has 0 spiro atoms. The van der Waals surface area contributed by atoms with Gasteiger partial charge in [0.25, 0.3) is 0 Å². The zero-order valence-electron chi connectivity index (χ0n) is 8.60. The van der Waals surface area contributed by atoms with Crippen LogP contribution in [0.4, 0.5) is 0 Å². The summed E-state index contributed by atoms with van der Waals surface area (Å²) in [7, 11) is 1.56. The first-order chi connectivity index (χ1) is 7.63. The van der Waals surface area contributed by atoms with Gasteiger partial charge in [0.05, 0.1) is 7.11 Å². The normalized spacial score (nSPS) is 24.2. The number of hydrogen-bond donors (Lipinski definition) is 2. The summed E-state index contributed by atoms with van der Waals surface area (Å²) in [5.41, 5.74) is 0. The molecule has 1 amide bonds. The molecule has 1 aromatic heterocycles. The number of ether oxygens (including phenoxy) is 1. The van der Waals surface area contributed by atoms with E-state index in [-0.39, 0.29) is 5.92 Å². The van der Waals surface area contributed by atoms with Crippen molar-refractivity contribution in [3.8, 4) is 5.06 Å². The van der Waals surface area contributed by atoms with Crippen LogP contribution in [0.2, 0.25) is 0 Å². The van der Waals surface area contributed by atoms with Gasteiger partial charge in [-0.25, -0.2) is 0 Å². The number of hydrogen-bond acceptors (Lipinski definition) is 4. The van der Waals surface area contributed by atoms with Crippen molar-refractivity contribution in [1.29, 1.82) is 0 Å². The standard InChI is InChI=1S/C10H11NO4S/c1-15-7-3-2-6(16-7)5-4-11-9(12)8(5)10(13)14/h2-3,5,8H,4H2,1H3,(H,11,12)(H,13,14)/t5-,8?/m1/s1. The van der Waals surface area contributed by atoms with Crippen molar-refractivity contribution in [2.45, 2.75) is 5.92 Å². The summed E-state index contributed by atoms with van der Waals surface area (Å²) in [6.45, 7) is 0.374.